The van der Waals surface area contributed by atoms with Gasteiger partial charge in [0, 0.05) is 12.7 Å². The van der Waals surface area contributed by atoms with Crippen LogP contribution in [0.4, 0.5) is 13.2 Å². The Balaban J connectivity index is 2.16. The lowest BCUT2D eigenvalue weighted by Gasteiger charge is -1.99. The molecule has 0 spiro atoms. The lowest BCUT2D eigenvalue weighted by Crippen LogP contribution is -2.11. The molecular weight excluding hydrogens is 267 g/mol. The van der Waals surface area contributed by atoms with Crippen molar-refractivity contribution in [1.82, 2.24) is 25.3 Å². The Morgan fingerprint density at radius 3 is 2.78 bits per heavy atom. The summed E-state index contributed by atoms with van der Waals surface area (Å²) < 4.78 is 38.2. The predicted octanol–water partition coefficient (Wildman–Crippen LogP) is 1.85. The smallest absolute Gasteiger partial charge is 0.311 e. The minimum atomic E-state index is -4.44. The molecule has 0 amide bonds. The van der Waals surface area contributed by atoms with Gasteiger partial charge in [0.05, 0.1) is 0 Å². The number of alkyl halides is 3. The first-order valence-electron chi connectivity index (χ1n) is 5.17. The van der Waals surface area contributed by atoms with Crippen LogP contribution in [0.15, 0.2) is 12.3 Å². The average molecular weight is 277 g/mol. The third kappa shape index (κ3) is 2.85. The van der Waals surface area contributed by atoms with Gasteiger partial charge in [-0.05, 0) is 12.6 Å². The van der Waals surface area contributed by atoms with Crippen molar-refractivity contribution in [3.8, 4) is 5.13 Å². The molecule has 0 fully saturated rings. The Morgan fingerprint density at radius 2 is 2.17 bits per heavy atom. The molecule has 2 aromatic heterocycles. The largest absolute Gasteiger partial charge is 0.435 e. The highest BCUT2D eigenvalue weighted by molar-refractivity contribution is 7.13. The predicted molar refractivity (Wildman–Crippen MR) is 59.4 cm³/mol. The van der Waals surface area contributed by atoms with Gasteiger partial charge in [0.2, 0.25) is 5.13 Å². The van der Waals surface area contributed by atoms with Gasteiger partial charge in [0.15, 0.2) is 5.69 Å². The first-order chi connectivity index (χ1) is 8.50. The molecule has 0 saturated carbocycles. The number of nitrogens with one attached hydrogen (secondary N) is 1. The van der Waals surface area contributed by atoms with Crippen molar-refractivity contribution in [2.75, 3.05) is 6.54 Å². The van der Waals surface area contributed by atoms with E-state index in [9.17, 15) is 13.2 Å². The van der Waals surface area contributed by atoms with Gasteiger partial charge in [0.25, 0.3) is 0 Å². The zero-order valence-electron chi connectivity index (χ0n) is 9.40. The van der Waals surface area contributed by atoms with Crippen LogP contribution in [-0.2, 0) is 12.7 Å². The van der Waals surface area contributed by atoms with Crippen LogP contribution < -0.4 is 5.32 Å². The summed E-state index contributed by atoms with van der Waals surface area (Å²) >= 11 is 1.20. The van der Waals surface area contributed by atoms with E-state index in [0.29, 0.717) is 16.7 Å². The van der Waals surface area contributed by atoms with Gasteiger partial charge >= 0.3 is 6.18 Å². The van der Waals surface area contributed by atoms with Crippen molar-refractivity contribution in [2.45, 2.75) is 19.6 Å². The molecule has 0 aliphatic heterocycles. The standard InChI is InChI=1S/C9H10F3N5S/c1-2-13-5-7-14-15-8(18-7)17-4-3-6(16-17)9(10,11)12/h3-4,13H,2,5H2,1H3. The molecule has 9 heteroatoms. The summed E-state index contributed by atoms with van der Waals surface area (Å²) in [4.78, 5) is 0. The molecule has 18 heavy (non-hydrogen) atoms. The SMILES string of the molecule is CCNCc1nnc(-n2ccc(C(F)(F)F)n2)s1. The normalized spacial score (nSPS) is 12.0. The maximum atomic E-state index is 12.4. The van der Waals surface area contributed by atoms with Gasteiger partial charge in [-0.15, -0.1) is 10.2 Å². The van der Waals surface area contributed by atoms with Crippen LogP contribution in [0.25, 0.3) is 5.13 Å². The molecule has 0 unspecified atom stereocenters. The van der Waals surface area contributed by atoms with Crippen LogP contribution in [0.1, 0.15) is 17.6 Å². The van der Waals surface area contributed by atoms with E-state index in [4.69, 9.17) is 0 Å². The maximum Gasteiger partial charge on any atom is 0.435 e. The Bertz CT molecular complexity index is 518. The molecule has 0 atom stereocenters. The molecule has 98 valence electrons. The minimum Gasteiger partial charge on any atom is -0.311 e. The van der Waals surface area contributed by atoms with Crippen molar-refractivity contribution in [3.05, 3.63) is 23.0 Å². The van der Waals surface area contributed by atoms with Crippen molar-refractivity contribution < 1.29 is 13.2 Å². The number of hydrogen-bond acceptors (Lipinski definition) is 5. The van der Waals surface area contributed by atoms with Gasteiger partial charge in [-0.3, -0.25) is 0 Å². The van der Waals surface area contributed by atoms with E-state index in [0.717, 1.165) is 17.3 Å². The van der Waals surface area contributed by atoms with E-state index in [1.54, 1.807) is 0 Å². The first-order valence-corrected chi connectivity index (χ1v) is 5.98. The lowest BCUT2D eigenvalue weighted by atomic mass is 10.4. The Labute approximate surface area is 105 Å². The highest BCUT2D eigenvalue weighted by atomic mass is 32.1. The summed E-state index contributed by atoms with van der Waals surface area (Å²) in [5.41, 5.74) is -0.939. The molecule has 5 nitrogen and oxygen atoms in total. The second-order valence-electron chi connectivity index (χ2n) is 3.40. The first kappa shape index (κ1) is 13.0. The van der Waals surface area contributed by atoms with E-state index in [1.165, 1.54) is 17.5 Å². The molecular formula is C9H10F3N5S. The molecule has 2 aromatic rings. The van der Waals surface area contributed by atoms with Crippen molar-refractivity contribution >= 4 is 11.3 Å². The molecule has 0 saturated heterocycles. The van der Waals surface area contributed by atoms with E-state index in [-0.39, 0.29) is 0 Å². The van der Waals surface area contributed by atoms with Gasteiger partial charge in [-0.1, -0.05) is 18.3 Å². The number of nitrogens with zero attached hydrogens (tertiary/aromatic N) is 4. The topological polar surface area (TPSA) is 55.6 Å². The number of rotatable bonds is 4. The molecule has 0 aliphatic carbocycles. The third-order valence-electron chi connectivity index (χ3n) is 2.06. The average Bonchev–Trinajstić information content (AvgIpc) is 2.93. The highest BCUT2D eigenvalue weighted by Gasteiger charge is 2.33. The van der Waals surface area contributed by atoms with Gasteiger partial charge < -0.3 is 5.32 Å². The van der Waals surface area contributed by atoms with E-state index in [1.807, 2.05) is 6.92 Å². The molecule has 0 aliphatic rings. The Kier molecular flexibility index (Phi) is 3.62. The fourth-order valence-electron chi connectivity index (χ4n) is 1.22. The van der Waals surface area contributed by atoms with Crippen molar-refractivity contribution in [3.63, 3.8) is 0 Å². The molecule has 0 aromatic carbocycles. The van der Waals surface area contributed by atoms with Crippen molar-refractivity contribution in [2.24, 2.45) is 0 Å². The maximum absolute atomic E-state index is 12.4. The molecule has 0 bridgehead atoms. The van der Waals surface area contributed by atoms with Gasteiger partial charge in [-0.25, -0.2) is 4.68 Å². The number of hydrogen-bond donors (Lipinski definition) is 1. The second-order valence-corrected chi connectivity index (χ2v) is 4.44. The van der Waals surface area contributed by atoms with Crippen LogP contribution in [-0.4, -0.2) is 26.5 Å². The quantitative estimate of drug-likeness (QED) is 0.926. The second kappa shape index (κ2) is 5.02. The lowest BCUT2D eigenvalue weighted by molar-refractivity contribution is -0.141. The fraction of sp³-hybridized carbons (Fsp3) is 0.444. The highest BCUT2D eigenvalue weighted by Crippen LogP contribution is 2.28. The molecule has 0 radical (unpaired) electrons. The Hall–Kier alpha value is -1.48. The van der Waals surface area contributed by atoms with Crippen LogP contribution in [0.3, 0.4) is 0 Å². The van der Waals surface area contributed by atoms with Gasteiger partial charge in [0.1, 0.15) is 5.01 Å². The zero-order chi connectivity index (χ0) is 13.2. The summed E-state index contributed by atoms with van der Waals surface area (Å²) in [5, 5.41) is 15.2. The number of aromatic nitrogens is 4. The Morgan fingerprint density at radius 1 is 1.39 bits per heavy atom. The summed E-state index contributed by atoms with van der Waals surface area (Å²) in [6.45, 7) is 3.28. The molecule has 2 rings (SSSR count). The number of halogens is 3. The monoisotopic (exact) mass is 277 g/mol. The molecule has 2 heterocycles. The summed E-state index contributed by atoms with van der Waals surface area (Å²) in [5.74, 6) is 0. The van der Waals surface area contributed by atoms with Crippen LogP contribution in [0, 0.1) is 0 Å². The van der Waals surface area contributed by atoms with E-state index in [2.05, 4.69) is 20.6 Å². The zero-order valence-corrected chi connectivity index (χ0v) is 10.2. The summed E-state index contributed by atoms with van der Waals surface area (Å²) in [7, 11) is 0. The van der Waals surface area contributed by atoms with Crippen molar-refractivity contribution in [1.29, 1.82) is 0 Å². The fourth-order valence-corrected chi connectivity index (χ4v) is 1.97. The van der Waals surface area contributed by atoms with E-state index >= 15 is 0 Å². The third-order valence-corrected chi connectivity index (χ3v) is 2.97. The summed E-state index contributed by atoms with van der Waals surface area (Å²) in [6.07, 6.45) is -3.22. The van der Waals surface area contributed by atoms with Gasteiger partial charge in [-0.2, -0.15) is 18.3 Å². The van der Waals surface area contributed by atoms with E-state index < -0.39 is 11.9 Å². The minimum absolute atomic E-state index is 0.318. The van der Waals surface area contributed by atoms with Crippen LogP contribution >= 0.6 is 11.3 Å². The summed E-state index contributed by atoms with van der Waals surface area (Å²) in [6, 6.07) is 0.908. The molecule has 1 N–H and O–H groups in total. The van der Waals surface area contributed by atoms with Crippen LogP contribution in [0.2, 0.25) is 0 Å². The van der Waals surface area contributed by atoms with Crippen LogP contribution in [0.5, 0.6) is 0 Å².